The number of carbonyl (C=O) groups excluding carboxylic acids is 1. The fourth-order valence-electron chi connectivity index (χ4n) is 0.529. The van der Waals surface area contributed by atoms with Gasteiger partial charge in [0, 0.05) is 6.92 Å². The van der Waals surface area contributed by atoms with Crippen LogP contribution in [0.3, 0.4) is 0 Å². The number of hydrazone groups is 1. The van der Waals surface area contributed by atoms with Crippen molar-refractivity contribution in [3.8, 4) is 0 Å². The second-order valence-corrected chi connectivity index (χ2v) is 1.90. The van der Waals surface area contributed by atoms with Crippen molar-refractivity contribution < 1.29 is 14.3 Å². The Hall–Kier alpha value is -1.26. The molecule has 0 aliphatic rings. The van der Waals surface area contributed by atoms with Gasteiger partial charge in [-0.05, 0) is 13.8 Å². The van der Waals surface area contributed by atoms with Crippen molar-refractivity contribution >= 4 is 12.0 Å². The summed E-state index contributed by atoms with van der Waals surface area (Å²) in [7, 11) is 0. The molecule has 0 saturated heterocycles. The maximum atomic E-state index is 10.7. The highest BCUT2D eigenvalue weighted by molar-refractivity contribution is 5.75. The summed E-state index contributed by atoms with van der Waals surface area (Å²) in [6.45, 7) is 6.06. The van der Waals surface area contributed by atoms with Crippen LogP contribution in [0.2, 0.25) is 0 Å². The van der Waals surface area contributed by atoms with E-state index in [2.05, 4.69) is 15.3 Å². The minimum Gasteiger partial charge on any atom is -0.480 e. The summed E-state index contributed by atoms with van der Waals surface area (Å²) in [5, 5.41) is 3.60. The monoisotopic (exact) mass is 174 g/mol. The molecule has 1 amide bonds. The first-order chi connectivity index (χ1) is 5.70. The Morgan fingerprint density at radius 1 is 1.33 bits per heavy atom. The number of amides is 1. The van der Waals surface area contributed by atoms with Crippen LogP contribution in [-0.4, -0.2) is 25.2 Å². The molecule has 5 nitrogen and oxygen atoms in total. The SMILES string of the molecule is CCOC(=O)N/N=C(/C)OCC. The number of hydrogen-bond donors (Lipinski definition) is 1. The normalized spacial score (nSPS) is 10.8. The van der Waals surface area contributed by atoms with Gasteiger partial charge in [-0.1, -0.05) is 0 Å². The van der Waals surface area contributed by atoms with E-state index in [4.69, 9.17) is 4.74 Å². The van der Waals surface area contributed by atoms with Crippen LogP contribution in [0.1, 0.15) is 20.8 Å². The maximum absolute atomic E-state index is 10.7. The minimum atomic E-state index is -0.573. The zero-order valence-corrected chi connectivity index (χ0v) is 7.59. The number of nitrogens with one attached hydrogen (secondary N) is 1. The Kier molecular flexibility index (Phi) is 5.77. The van der Waals surface area contributed by atoms with Crippen LogP contribution in [0, 0.1) is 0 Å². The molecule has 0 unspecified atom stereocenters. The Bertz CT molecular complexity index is 168. The summed E-state index contributed by atoms with van der Waals surface area (Å²) < 4.78 is 9.51. The van der Waals surface area contributed by atoms with Crippen molar-refractivity contribution in [1.29, 1.82) is 0 Å². The van der Waals surface area contributed by atoms with Crippen molar-refractivity contribution in [2.45, 2.75) is 20.8 Å². The Balaban J connectivity index is 3.63. The molecule has 0 radical (unpaired) electrons. The molecule has 0 fully saturated rings. The van der Waals surface area contributed by atoms with Crippen LogP contribution in [0.15, 0.2) is 5.10 Å². The summed E-state index contributed by atoms with van der Waals surface area (Å²) in [5.74, 6) is 0.408. The molecule has 0 heterocycles. The van der Waals surface area contributed by atoms with Gasteiger partial charge in [0.1, 0.15) is 0 Å². The quantitative estimate of drug-likeness (QED) is 0.396. The van der Waals surface area contributed by atoms with Gasteiger partial charge in [-0.15, -0.1) is 5.10 Å². The lowest BCUT2D eigenvalue weighted by atomic mass is 10.7. The third-order valence-electron chi connectivity index (χ3n) is 0.933. The van der Waals surface area contributed by atoms with Gasteiger partial charge in [-0.25, -0.2) is 10.2 Å². The van der Waals surface area contributed by atoms with Crippen molar-refractivity contribution in [3.63, 3.8) is 0 Å². The van der Waals surface area contributed by atoms with Gasteiger partial charge < -0.3 is 9.47 Å². The van der Waals surface area contributed by atoms with Gasteiger partial charge >= 0.3 is 6.09 Å². The summed E-state index contributed by atoms with van der Waals surface area (Å²) in [4.78, 5) is 10.7. The number of rotatable bonds is 3. The van der Waals surface area contributed by atoms with Gasteiger partial charge in [-0.2, -0.15) is 0 Å². The number of carbonyl (C=O) groups is 1. The smallest absolute Gasteiger partial charge is 0.427 e. The van der Waals surface area contributed by atoms with E-state index >= 15 is 0 Å². The summed E-state index contributed by atoms with van der Waals surface area (Å²) in [6, 6.07) is 0. The topological polar surface area (TPSA) is 59.9 Å². The number of ether oxygens (including phenoxy) is 2. The molecule has 1 N–H and O–H groups in total. The third kappa shape index (κ3) is 5.52. The second-order valence-electron chi connectivity index (χ2n) is 1.90. The first-order valence-electron chi connectivity index (χ1n) is 3.80. The highest BCUT2D eigenvalue weighted by Gasteiger charge is 1.97. The van der Waals surface area contributed by atoms with Gasteiger partial charge in [0.05, 0.1) is 13.2 Å². The molecule has 0 aliphatic carbocycles. The highest BCUT2D eigenvalue weighted by Crippen LogP contribution is 1.80. The molecule has 5 heteroatoms. The van der Waals surface area contributed by atoms with E-state index in [0.717, 1.165) is 0 Å². The van der Waals surface area contributed by atoms with Crippen LogP contribution >= 0.6 is 0 Å². The van der Waals surface area contributed by atoms with Crippen LogP contribution in [0.4, 0.5) is 4.79 Å². The zero-order valence-electron chi connectivity index (χ0n) is 7.59. The first-order valence-corrected chi connectivity index (χ1v) is 3.80. The van der Waals surface area contributed by atoms with Gasteiger partial charge in [0.15, 0.2) is 0 Å². The zero-order chi connectivity index (χ0) is 9.40. The van der Waals surface area contributed by atoms with Crippen molar-refractivity contribution in [2.24, 2.45) is 5.10 Å². The summed E-state index contributed by atoms with van der Waals surface area (Å²) in [5.41, 5.74) is 2.17. The third-order valence-corrected chi connectivity index (χ3v) is 0.933. The predicted molar refractivity (Wildman–Crippen MR) is 44.9 cm³/mol. The molecule has 0 atom stereocenters. The summed E-state index contributed by atoms with van der Waals surface area (Å²) in [6.07, 6.45) is -0.573. The lowest BCUT2D eigenvalue weighted by Crippen LogP contribution is -2.20. The van der Waals surface area contributed by atoms with Crippen LogP contribution < -0.4 is 5.43 Å². The molecule has 70 valence electrons. The number of hydrogen-bond acceptors (Lipinski definition) is 4. The van der Waals surface area contributed by atoms with Crippen molar-refractivity contribution in [1.82, 2.24) is 5.43 Å². The van der Waals surface area contributed by atoms with Gasteiger partial charge in [0.2, 0.25) is 5.90 Å². The minimum absolute atomic E-state index is 0.328. The predicted octanol–water partition coefficient (Wildman–Crippen LogP) is 1.10. The van der Waals surface area contributed by atoms with E-state index < -0.39 is 6.09 Å². The molecule has 0 saturated carbocycles. The van der Waals surface area contributed by atoms with Crippen LogP contribution in [0.25, 0.3) is 0 Å². The maximum Gasteiger partial charge on any atom is 0.427 e. The molecule has 0 aromatic rings. The molecule has 0 bridgehead atoms. The Morgan fingerprint density at radius 3 is 2.42 bits per heavy atom. The van der Waals surface area contributed by atoms with Crippen LogP contribution in [0.5, 0.6) is 0 Å². The van der Waals surface area contributed by atoms with Crippen LogP contribution in [-0.2, 0) is 9.47 Å². The van der Waals surface area contributed by atoms with Crippen molar-refractivity contribution in [3.05, 3.63) is 0 Å². The molecule has 12 heavy (non-hydrogen) atoms. The second kappa shape index (κ2) is 6.45. The molecular weight excluding hydrogens is 160 g/mol. The Labute approximate surface area is 71.7 Å². The molecule has 0 rings (SSSR count). The van der Waals surface area contributed by atoms with E-state index in [1.807, 2.05) is 6.92 Å². The van der Waals surface area contributed by atoms with Gasteiger partial charge in [-0.3, -0.25) is 0 Å². The Morgan fingerprint density at radius 2 is 1.92 bits per heavy atom. The average molecular weight is 174 g/mol. The fraction of sp³-hybridized carbons (Fsp3) is 0.714. The van der Waals surface area contributed by atoms with E-state index in [9.17, 15) is 4.79 Å². The summed E-state index contributed by atoms with van der Waals surface area (Å²) >= 11 is 0. The van der Waals surface area contributed by atoms with E-state index in [1.165, 1.54) is 0 Å². The highest BCUT2D eigenvalue weighted by atomic mass is 16.6. The molecular formula is C7H14N2O3. The lowest BCUT2D eigenvalue weighted by Gasteiger charge is -2.02. The first kappa shape index (κ1) is 10.7. The molecule has 0 aliphatic heterocycles. The van der Waals surface area contributed by atoms with E-state index in [1.54, 1.807) is 13.8 Å². The lowest BCUT2D eigenvalue weighted by molar-refractivity contribution is 0.152. The van der Waals surface area contributed by atoms with E-state index in [0.29, 0.717) is 19.1 Å². The van der Waals surface area contributed by atoms with Crippen molar-refractivity contribution in [2.75, 3.05) is 13.2 Å². The molecule has 0 aromatic heterocycles. The van der Waals surface area contributed by atoms with E-state index in [-0.39, 0.29) is 0 Å². The fourth-order valence-corrected chi connectivity index (χ4v) is 0.529. The van der Waals surface area contributed by atoms with Gasteiger partial charge in [0.25, 0.3) is 0 Å². The molecule has 0 aromatic carbocycles. The largest absolute Gasteiger partial charge is 0.480 e. The standard InChI is InChI=1S/C7H14N2O3/c1-4-11-6(3)8-9-7(10)12-5-2/h4-5H2,1-3H3,(H,9,10)/b8-6-. The molecule has 0 spiro atoms. The average Bonchev–Trinajstić information content (AvgIpc) is 2.02. The number of nitrogens with zero attached hydrogens (tertiary/aromatic N) is 1.